The van der Waals surface area contributed by atoms with Crippen molar-refractivity contribution in [3.8, 4) is 5.75 Å². The summed E-state index contributed by atoms with van der Waals surface area (Å²) in [7, 11) is 0. The molecule has 0 bridgehead atoms. The lowest BCUT2D eigenvalue weighted by Crippen LogP contribution is -2.25. The highest BCUT2D eigenvalue weighted by Crippen LogP contribution is 2.36. The fourth-order valence-corrected chi connectivity index (χ4v) is 2.55. The maximum atomic E-state index is 12.7. The van der Waals surface area contributed by atoms with Crippen LogP contribution in [0.4, 0.5) is 18.9 Å². The second-order valence-electron chi connectivity index (χ2n) is 5.33. The first-order chi connectivity index (χ1) is 12.3. The van der Waals surface area contributed by atoms with E-state index in [1.165, 1.54) is 35.4 Å². The smallest absolute Gasteiger partial charge is 0.456 e. The van der Waals surface area contributed by atoms with E-state index in [4.69, 9.17) is 16.3 Å². The summed E-state index contributed by atoms with van der Waals surface area (Å²) in [4.78, 5) is 16.9. The number of carbonyl (C=O) groups excluding carboxylic acids is 1. The first-order valence-corrected chi connectivity index (χ1v) is 7.80. The number of alkyl halides is 3. The van der Waals surface area contributed by atoms with Gasteiger partial charge in [0, 0.05) is 18.8 Å². The Kier molecular flexibility index (Phi) is 5.03. The predicted molar refractivity (Wildman–Crippen MR) is 87.6 cm³/mol. The number of para-hydroxylation sites is 2. The molecule has 1 aliphatic rings. The van der Waals surface area contributed by atoms with Crippen LogP contribution in [0.1, 0.15) is 5.56 Å². The molecule has 0 amide bonds. The van der Waals surface area contributed by atoms with E-state index in [2.05, 4.69) is 9.72 Å². The summed E-state index contributed by atoms with van der Waals surface area (Å²) in [6.07, 6.45) is -2.12. The van der Waals surface area contributed by atoms with Crippen LogP contribution < -0.4 is 9.64 Å². The third-order valence-corrected chi connectivity index (χ3v) is 3.73. The summed E-state index contributed by atoms with van der Waals surface area (Å²) in [6, 6.07) is 8.93. The van der Waals surface area contributed by atoms with Gasteiger partial charge in [-0.05, 0) is 23.8 Å². The zero-order valence-electron chi connectivity index (χ0n) is 13.2. The van der Waals surface area contributed by atoms with Crippen molar-refractivity contribution < 1.29 is 27.4 Å². The van der Waals surface area contributed by atoms with Gasteiger partial charge >= 0.3 is 12.3 Å². The van der Waals surface area contributed by atoms with Gasteiger partial charge in [0.25, 0.3) is 0 Å². The zero-order chi connectivity index (χ0) is 18.7. The van der Waals surface area contributed by atoms with E-state index in [1.807, 2.05) is 0 Å². The first kappa shape index (κ1) is 18.1. The standard InChI is InChI=1S/C17H12ClF3N2O3/c18-15-6-5-11(8-22-15)9-23(12-7-16(24)25-10-12)13-3-1-2-4-14(13)26-17(19,20)21/h1-8H,9-10H2. The Morgan fingerprint density at radius 2 is 2.00 bits per heavy atom. The molecular weight excluding hydrogens is 373 g/mol. The van der Waals surface area contributed by atoms with Crippen LogP contribution >= 0.6 is 11.6 Å². The third-order valence-electron chi connectivity index (χ3n) is 3.50. The van der Waals surface area contributed by atoms with E-state index in [-0.39, 0.29) is 24.6 Å². The number of aromatic nitrogens is 1. The summed E-state index contributed by atoms with van der Waals surface area (Å²) >= 11 is 5.76. The number of nitrogens with zero attached hydrogens (tertiary/aromatic N) is 2. The second kappa shape index (κ2) is 7.25. The molecule has 0 fully saturated rings. The van der Waals surface area contributed by atoms with Gasteiger partial charge in [-0.3, -0.25) is 0 Å². The van der Waals surface area contributed by atoms with E-state index >= 15 is 0 Å². The van der Waals surface area contributed by atoms with Crippen molar-refractivity contribution in [3.63, 3.8) is 0 Å². The normalized spacial score (nSPS) is 14.0. The van der Waals surface area contributed by atoms with Gasteiger partial charge in [0.2, 0.25) is 0 Å². The fourth-order valence-electron chi connectivity index (χ4n) is 2.44. The molecule has 1 aromatic carbocycles. The number of rotatable bonds is 5. The van der Waals surface area contributed by atoms with E-state index in [9.17, 15) is 18.0 Å². The highest BCUT2D eigenvalue weighted by atomic mass is 35.5. The lowest BCUT2D eigenvalue weighted by atomic mass is 10.2. The summed E-state index contributed by atoms with van der Waals surface area (Å²) in [6.45, 7) is 0.0884. The lowest BCUT2D eigenvalue weighted by molar-refractivity contribution is -0.274. The quantitative estimate of drug-likeness (QED) is 0.574. The molecule has 5 nitrogen and oxygen atoms in total. The Labute approximate surface area is 151 Å². The molecule has 0 saturated heterocycles. The predicted octanol–water partition coefficient (Wildman–Crippen LogP) is 4.08. The van der Waals surface area contributed by atoms with Gasteiger partial charge < -0.3 is 14.4 Å². The molecule has 1 aromatic heterocycles. The number of anilines is 1. The van der Waals surface area contributed by atoms with Crippen LogP contribution in [-0.4, -0.2) is 23.9 Å². The monoisotopic (exact) mass is 384 g/mol. The highest BCUT2D eigenvalue weighted by molar-refractivity contribution is 6.29. The van der Waals surface area contributed by atoms with Gasteiger partial charge in [-0.1, -0.05) is 29.8 Å². The molecule has 136 valence electrons. The van der Waals surface area contributed by atoms with Crippen molar-refractivity contribution in [1.29, 1.82) is 0 Å². The van der Waals surface area contributed by atoms with Gasteiger partial charge in [0.05, 0.1) is 11.4 Å². The van der Waals surface area contributed by atoms with Gasteiger partial charge in [-0.25, -0.2) is 9.78 Å². The molecule has 0 unspecified atom stereocenters. The van der Waals surface area contributed by atoms with Gasteiger partial charge in [-0.15, -0.1) is 13.2 Å². The summed E-state index contributed by atoms with van der Waals surface area (Å²) < 4.78 is 47.2. The number of halogens is 4. The summed E-state index contributed by atoms with van der Waals surface area (Å²) in [5.41, 5.74) is 1.23. The number of hydrogen-bond donors (Lipinski definition) is 0. The molecule has 2 heterocycles. The van der Waals surface area contributed by atoms with Crippen molar-refractivity contribution in [1.82, 2.24) is 4.98 Å². The average molecular weight is 385 g/mol. The van der Waals surface area contributed by atoms with Gasteiger partial charge in [-0.2, -0.15) is 0 Å². The molecule has 0 radical (unpaired) electrons. The molecule has 3 rings (SSSR count). The van der Waals surface area contributed by atoms with Gasteiger partial charge in [0.15, 0.2) is 5.75 Å². The van der Waals surface area contributed by atoms with E-state index in [0.717, 1.165) is 0 Å². The third kappa shape index (κ3) is 4.45. The van der Waals surface area contributed by atoms with Crippen LogP contribution in [0.3, 0.4) is 0 Å². The van der Waals surface area contributed by atoms with Crippen molar-refractivity contribution in [2.45, 2.75) is 12.9 Å². The SMILES string of the molecule is O=C1C=C(N(Cc2ccc(Cl)nc2)c2ccccc2OC(F)(F)F)CO1. The van der Waals surface area contributed by atoms with Crippen LogP contribution in [0, 0.1) is 0 Å². The molecule has 0 aliphatic carbocycles. The van der Waals surface area contributed by atoms with E-state index < -0.39 is 12.3 Å². The van der Waals surface area contributed by atoms with Crippen LogP contribution in [0.25, 0.3) is 0 Å². The molecule has 1 aliphatic heterocycles. The Hall–Kier alpha value is -2.74. The van der Waals surface area contributed by atoms with Crippen molar-refractivity contribution in [2.24, 2.45) is 0 Å². The maximum absolute atomic E-state index is 12.7. The van der Waals surface area contributed by atoms with Crippen LogP contribution in [0.2, 0.25) is 5.15 Å². The second-order valence-corrected chi connectivity index (χ2v) is 5.72. The van der Waals surface area contributed by atoms with Crippen molar-refractivity contribution >= 4 is 23.3 Å². The van der Waals surface area contributed by atoms with E-state index in [1.54, 1.807) is 18.2 Å². The first-order valence-electron chi connectivity index (χ1n) is 7.42. The number of esters is 1. The average Bonchev–Trinajstić information content (AvgIpc) is 3.00. The number of benzene rings is 1. The van der Waals surface area contributed by atoms with E-state index in [0.29, 0.717) is 16.4 Å². The molecule has 2 aromatic rings. The Balaban J connectivity index is 2.00. The summed E-state index contributed by atoms with van der Waals surface area (Å²) in [5.74, 6) is -0.948. The van der Waals surface area contributed by atoms with Crippen molar-refractivity contribution in [2.75, 3.05) is 11.5 Å². The topological polar surface area (TPSA) is 51.7 Å². The fraction of sp³-hybridized carbons (Fsp3) is 0.176. The van der Waals surface area contributed by atoms with Crippen LogP contribution in [-0.2, 0) is 16.1 Å². The number of pyridine rings is 1. The lowest BCUT2D eigenvalue weighted by Gasteiger charge is -2.27. The van der Waals surface area contributed by atoms with Crippen molar-refractivity contribution in [3.05, 3.63) is 65.1 Å². The molecule has 0 saturated carbocycles. The highest BCUT2D eigenvalue weighted by Gasteiger charge is 2.33. The Morgan fingerprint density at radius 3 is 2.62 bits per heavy atom. The van der Waals surface area contributed by atoms with Crippen LogP contribution in [0.15, 0.2) is 54.4 Å². The van der Waals surface area contributed by atoms with Gasteiger partial charge in [0.1, 0.15) is 11.8 Å². The number of carbonyl (C=O) groups is 1. The number of ether oxygens (including phenoxy) is 2. The number of hydrogen-bond acceptors (Lipinski definition) is 5. The van der Waals surface area contributed by atoms with Crippen LogP contribution in [0.5, 0.6) is 5.75 Å². The Morgan fingerprint density at radius 1 is 1.23 bits per heavy atom. The molecule has 26 heavy (non-hydrogen) atoms. The minimum atomic E-state index is -4.85. The molecule has 0 atom stereocenters. The largest absolute Gasteiger partial charge is 0.573 e. The number of cyclic esters (lactones) is 1. The summed E-state index contributed by atoms with van der Waals surface area (Å²) in [5, 5.41) is 0.291. The molecule has 0 spiro atoms. The molecule has 9 heteroatoms. The minimum absolute atomic E-state index is 0.0554. The minimum Gasteiger partial charge on any atom is -0.456 e. The maximum Gasteiger partial charge on any atom is 0.573 e. The molecule has 0 N–H and O–H groups in total. The Bertz CT molecular complexity index is 838. The zero-order valence-corrected chi connectivity index (χ0v) is 13.9. The molecular formula is C17H12ClF3N2O3.